The van der Waals surface area contributed by atoms with Crippen molar-refractivity contribution in [1.29, 1.82) is 0 Å². The van der Waals surface area contributed by atoms with E-state index >= 15 is 0 Å². The fourth-order valence-corrected chi connectivity index (χ4v) is 5.70. The van der Waals surface area contributed by atoms with E-state index in [1.54, 1.807) is 24.3 Å². The van der Waals surface area contributed by atoms with Crippen LogP contribution in [0.3, 0.4) is 0 Å². The van der Waals surface area contributed by atoms with Gasteiger partial charge < -0.3 is 15.5 Å². The van der Waals surface area contributed by atoms with E-state index in [1.165, 1.54) is 36.4 Å². The van der Waals surface area contributed by atoms with Gasteiger partial charge in [-0.15, -0.1) is 0 Å². The minimum absolute atomic E-state index is 0.0765. The highest BCUT2D eigenvalue weighted by atomic mass is 32.2. The van der Waals surface area contributed by atoms with Crippen LogP contribution < -0.4 is 10.6 Å². The molecule has 2 fully saturated rings. The maximum absolute atomic E-state index is 12.8. The molecule has 0 atom stereocenters. The molecule has 1 aromatic rings. The fourth-order valence-electron chi connectivity index (χ4n) is 4.05. The summed E-state index contributed by atoms with van der Waals surface area (Å²) in [6.45, 7) is 2.45. The van der Waals surface area contributed by atoms with Gasteiger partial charge in [0, 0.05) is 38.3 Å². The maximum atomic E-state index is 12.8. The van der Waals surface area contributed by atoms with Gasteiger partial charge in [0.25, 0.3) is 0 Å². The Morgan fingerprint density at radius 2 is 1.70 bits per heavy atom. The normalized spacial score (nSPS) is 19.4. The van der Waals surface area contributed by atoms with Crippen LogP contribution in [0.25, 0.3) is 0 Å². The first-order valence-electron chi connectivity index (χ1n) is 10.7. The lowest BCUT2D eigenvalue weighted by atomic mass is 9.86. The molecule has 3 rings (SSSR count). The molecule has 30 heavy (non-hydrogen) atoms. The van der Waals surface area contributed by atoms with E-state index in [9.17, 15) is 13.2 Å². The number of piperazine rings is 1. The molecule has 2 aliphatic rings. The Bertz CT molecular complexity index is 828. The molecule has 166 valence electrons. The summed E-state index contributed by atoms with van der Waals surface area (Å²) in [6.07, 6.45) is 7.69. The number of rotatable bonds is 6. The average Bonchev–Trinajstić information content (AvgIpc) is 2.73. The average molecular weight is 453 g/mol. The predicted octanol–water partition coefficient (Wildman–Crippen LogP) is 2.80. The van der Waals surface area contributed by atoms with E-state index in [2.05, 4.69) is 15.5 Å². The minimum atomic E-state index is -3.49. The van der Waals surface area contributed by atoms with E-state index in [0.29, 0.717) is 31.1 Å². The Morgan fingerprint density at radius 1 is 1.07 bits per heavy atom. The highest BCUT2D eigenvalue weighted by molar-refractivity contribution is 7.89. The molecule has 1 amide bonds. The lowest BCUT2D eigenvalue weighted by molar-refractivity contribution is -0.120. The van der Waals surface area contributed by atoms with Crippen molar-refractivity contribution < 1.29 is 13.2 Å². The second-order valence-electron chi connectivity index (χ2n) is 8.28. The second kappa shape index (κ2) is 10.7. The smallest absolute Gasteiger partial charge is 0.243 e. The summed E-state index contributed by atoms with van der Waals surface area (Å²) in [6, 6.07) is 6.49. The second-order valence-corrected chi connectivity index (χ2v) is 10.6. The number of amides is 1. The van der Waals surface area contributed by atoms with Crippen LogP contribution in [0.5, 0.6) is 0 Å². The number of hydrogen-bond donors (Lipinski definition) is 2. The van der Waals surface area contributed by atoms with Crippen LogP contribution in [0.2, 0.25) is 0 Å². The van der Waals surface area contributed by atoms with Crippen LogP contribution in [0.4, 0.5) is 5.69 Å². The van der Waals surface area contributed by atoms with Crippen molar-refractivity contribution in [3.63, 3.8) is 0 Å². The van der Waals surface area contributed by atoms with Gasteiger partial charge in [0.2, 0.25) is 15.9 Å². The van der Waals surface area contributed by atoms with Crippen molar-refractivity contribution >= 4 is 38.9 Å². The number of carbonyl (C=O) groups excluding carboxylic acids is 1. The SMILES string of the molecule is CN1CCN(S(=O)(=O)c2ccc(NC(=S)NC(=O)CCC3CCCCC3)cc2)CC1. The zero-order valence-corrected chi connectivity index (χ0v) is 19.2. The summed E-state index contributed by atoms with van der Waals surface area (Å²) < 4.78 is 27.1. The first-order valence-corrected chi connectivity index (χ1v) is 12.6. The quantitative estimate of drug-likeness (QED) is 0.646. The third-order valence-corrected chi connectivity index (χ3v) is 8.09. The molecule has 1 aromatic carbocycles. The van der Waals surface area contributed by atoms with Crippen molar-refractivity contribution in [1.82, 2.24) is 14.5 Å². The van der Waals surface area contributed by atoms with Gasteiger partial charge in [-0.1, -0.05) is 32.1 Å². The standard InChI is InChI=1S/C21H32N4O3S2/c1-24-13-15-25(16-14-24)30(27,28)19-10-8-18(9-11-19)22-21(29)23-20(26)12-7-17-5-3-2-4-6-17/h8-11,17H,2-7,12-16H2,1H3,(H2,22,23,26,29). The number of nitrogens with zero attached hydrogens (tertiary/aromatic N) is 2. The molecule has 7 nitrogen and oxygen atoms in total. The molecule has 9 heteroatoms. The molecule has 0 spiro atoms. The number of anilines is 1. The summed E-state index contributed by atoms with van der Waals surface area (Å²) in [5.74, 6) is 0.577. The summed E-state index contributed by atoms with van der Waals surface area (Å²) in [5, 5.41) is 5.91. The van der Waals surface area contributed by atoms with E-state index in [0.717, 1.165) is 19.5 Å². The monoisotopic (exact) mass is 452 g/mol. The molecular formula is C21H32N4O3S2. The predicted molar refractivity (Wildman–Crippen MR) is 123 cm³/mol. The molecule has 2 N–H and O–H groups in total. The largest absolute Gasteiger partial charge is 0.332 e. The van der Waals surface area contributed by atoms with Gasteiger partial charge in [-0.05, 0) is 55.9 Å². The molecule has 1 aliphatic heterocycles. The number of thiocarbonyl (C=S) groups is 1. The Hall–Kier alpha value is -1.55. The van der Waals surface area contributed by atoms with Crippen molar-refractivity contribution in [3.05, 3.63) is 24.3 Å². The summed E-state index contributed by atoms with van der Waals surface area (Å²) in [7, 11) is -1.50. The van der Waals surface area contributed by atoms with E-state index in [4.69, 9.17) is 12.2 Å². The molecule has 0 bridgehead atoms. The Morgan fingerprint density at radius 3 is 2.33 bits per heavy atom. The molecule has 1 heterocycles. The van der Waals surface area contributed by atoms with Crippen molar-refractivity contribution in [2.45, 2.75) is 49.8 Å². The molecule has 0 unspecified atom stereocenters. The topological polar surface area (TPSA) is 81.8 Å². The maximum Gasteiger partial charge on any atom is 0.243 e. The zero-order chi connectivity index (χ0) is 21.6. The van der Waals surface area contributed by atoms with Gasteiger partial charge in [0.15, 0.2) is 5.11 Å². The van der Waals surface area contributed by atoms with Gasteiger partial charge in [0.1, 0.15) is 0 Å². The van der Waals surface area contributed by atoms with Crippen LogP contribution in [0.15, 0.2) is 29.2 Å². The van der Waals surface area contributed by atoms with Gasteiger partial charge in [-0.2, -0.15) is 4.31 Å². The van der Waals surface area contributed by atoms with Crippen molar-refractivity contribution in [3.8, 4) is 0 Å². The van der Waals surface area contributed by atoms with E-state index in [1.807, 2.05) is 7.05 Å². The lowest BCUT2D eigenvalue weighted by Gasteiger charge is -2.31. The van der Waals surface area contributed by atoms with Crippen LogP contribution in [0, 0.1) is 5.92 Å². The van der Waals surface area contributed by atoms with Crippen LogP contribution in [0.1, 0.15) is 44.9 Å². The number of nitrogens with one attached hydrogen (secondary N) is 2. The molecule has 0 radical (unpaired) electrons. The molecular weight excluding hydrogens is 420 g/mol. The Labute approximate surface area is 185 Å². The van der Waals surface area contributed by atoms with Gasteiger partial charge in [0.05, 0.1) is 4.90 Å². The molecule has 1 saturated heterocycles. The molecule has 1 aliphatic carbocycles. The Kier molecular flexibility index (Phi) is 8.21. The van der Waals surface area contributed by atoms with E-state index < -0.39 is 10.0 Å². The molecule has 1 saturated carbocycles. The van der Waals surface area contributed by atoms with Crippen molar-refractivity contribution in [2.75, 3.05) is 38.5 Å². The highest BCUT2D eigenvalue weighted by Crippen LogP contribution is 2.27. The number of likely N-dealkylation sites (N-methyl/N-ethyl adjacent to an activating group) is 1. The lowest BCUT2D eigenvalue weighted by Crippen LogP contribution is -2.46. The summed E-state index contributed by atoms with van der Waals surface area (Å²) >= 11 is 5.23. The van der Waals surface area contributed by atoms with Crippen LogP contribution in [-0.2, 0) is 14.8 Å². The third kappa shape index (κ3) is 6.47. The van der Waals surface area contributed by atoms with Crippen LogP contribution in [-0.4, -0.2) is 61.9 Å². The third-order valence-electron chi connectivity index (χ3n) is 5.97. The number of sulfonamides is 1. The Balaban J connectivity index is 1.47. The van der Waals surface area contributed by atoms with Gasteiger partial charge in [-0.25, -0.2) is 8.42 Å². The minimum Gasteiger partial charge on any atom is -0.332 e. The summed E-state index contributed by atoms with van der Waals surface area (Å²) in [4.78, 5) is 14.5. The zero-order valence-electron chi connectivity index (χ0n) is 17.6. The molecule has 0 aromatic heterocycles. The summed E-state index contributed by atoms with van der Waals surface area (Å²) in [5.41, 5.74) is 0.643. The van der Waals surface area contributed by atoms with Gasteiger partial charge >= 0.3 is 0 Å². The number of benzene rings is 1. The number of carbonyl (C=O) groups is 1. The fraction of sp³-hybridized carbons (Fsp3) is 0.619. The first kappa shape index (κ1) is 23.1. The number of hydrogen-bond acceptors (Lipinski definition) is 5. The first-order chi connectivity index (χ1) is 14.3. The highest BCUT2D eigenvalue weighted by Gasteiger charge is 2.27. The van der Waals surface area contributed by atoms with Crippen LogP contribution >= 0.6 is 12.2 Å². The van der Waals surface area contributed by atoms with Crippen molar-refractivity contribution in [2.24, 2.45) is 5.92 Å². The van der Waals surface area contributed by atoms with Gasteiger partial charge in [-0.3, -0.25) is 4.79 Å². The van der Waals surface area contributed by atoms with E-state index in [-0.39, 0.29) is 15.9 Å².